The van der Waals surface area contributed by atoms with E-state index < -0.39 is 0 Å². The van der Waals surface area contributed by atoms with Crippen LogP contribution >= 0.6 is 0 Å². The lowest BCUT2D eigenvalue weighted by Crippen LogP contribution is -2.38. The highest BCUT2D eigenvalue weighted by Crippen LogP contribution is 2.19. The molecule has 1 saturated heterocycles. The van der Waals surface area contributed by atoms with Crippen LogP contribution in [0.2, 0.25) is 0 Å². The van der Waals surface area contributed by atoms with Crippen molar-refractivity contribution in [3.05, 3.63) is 66.0 Å². The van der Waals surface area contributed by atoms with Gasteiger partial charge in [-0.25, -0.2) is 4.39 Å². The molecule has 0 N–H and O–H groups in total. The Balaban J connectivity index is 1.28. The Bertz CT molecular complexity index is 697. The largest absolute Gasteiger partial charge is 0.490 e. The van der Waals surface area contributed by atoms with Crippen LogP contribution in [-0.4, -0.2) is 36.6 Å². The molecule has 0 saturated carbocycles. The van der Waals surface area contributed by atoms with E-state index in [-0.39, 0.29) is 17.9 Å². The summed E-state index contributed by atoms with van der Waals surface area (Å²) >= 11 is 0. The summed E-state index contributed by atoms with van der Waals surface area (Å²) in [6.45, 7) is 3.13. The first-order valence-corrected chi connectivity index (χ1v) is 9.53. The molecule has 1 aliphatic heterocycles. The number of nitrogens with zero attached hydrogens (tertiary/aromatic N) is 1. The standard InChI is InChI=1S/C22H26FNO3/c23-19-8-10-20(11-9-19)27-21-12-15-24(16-13-21)14-4-7-22(25)26-17-18-5-2-1-3-6-18/h1-3,5-6,8-11,21H,4,7,12-17H2. The highest BCUT2D eigenvalue weighted by atomic mass is 19.1. The molecule has 1 aliphatic rings. The topological polar surface area (TPSA) is 38.8 Å². The van der Waals surface area contributed by atoms with Crippen LogP contribution in [0.4, 0.5) is 4.39 Å². The first kappa shape index (κ1) is 19.4. The quantitative estimate of drug-likeness (QED) is 0.652. The maximum Gasteiger partial charge on any atom is 0.306 e. The third-order valence-corrected chi connectivity index (χ3v) is 4.75. The Morgan fingerprint density at radius 1 is 1.04 bits per heavy atom. The maximum atomic E-state index is 12.9. The first-order valence-electron chi connectivity index (χ1n) is 9.53. The van der Waals surface area contributed by atoms with Crippen LogP contribution in [0, 0.1) is 5.82 Å². The van der Waals surface area contributed by atoms with Crippen LogP contribution in [0.25, 0.3) is 0 Å². The first-order chi connectivity index (χ1) is 13.2. The summed E-state index contributed by atoms with van der Waals surface area (Å²) in [5, 5.41) is 0. The molecule has 0 spiro atoms. The van der Waals surface area contributed by atoms with Crippen molar-refractivity contribution in [2.75, 3.05) is 19.6 Å². The molecule has 3 rings (SSSR count). The van der Waals surface area contributed by atoms with Crippen molar-refractivity contribution in [1.82, 2.24) is 4.90 Å². The molecule has 27 heavy (non-hydrogen) atoms. The Labute approximate surface area is 159 Å². The third kappa shape index (κ3) is 6.68. The van der Waals surface area contributed by atoms with Crippen molar-refractivity contribution >= 4 is 5.97 Å². The second-order valence-electron chi connectivity index (χ2n) is 6.86. The molecule has 0 aliphatic carbocycles. The number of halogens is 1. The lowest BCUT2D eigenvalue weighted by atomic mass is 10.1. The van der Waals surface area contributed by atoms with Gasteiger partial charge in [-0.2, -0.15) is 0 Å². The van der Waals surface area contributed by atoms with Gasteiger partial charge in [-0.05, 0) is 55.6 Å². The molecule has 1 fully saturated rings. The zero-order valence-corrected chi connectivity index (χ0v) is 15.5. The Morgan fingerprint density at radius 2 is 1.74 bits per heavy atom. The summed E-state index contributed by atoms with van der Waals surface area (Å²) in [5.74, 6) is 0.323. The van der Waals surface area contributed by atoms with Crippen LogP contribution in [0.1, 0.15) is 31.2 Å². The zero-order chi connectivity index (χ0) is 18.9. The van der Waals surface area contributed by atoms with Gasteiger partial charge in [0.1, 0.15) is 24.3 Å². The Kier molecular flexibility index (Phi) is 7.22. The molecule has 0 atom stereocenters. The fraction of sp³-hybridized carbons (Fsp3) is 0.409. The van der Waals surface area contributed by atoms with E-state index in [9.17, 15) is 9.18 Å². The maximum absolute atomic E-state index is 12.9. The molecule has 2 aromatic carbocycles. The molecule has 0 radical (unpaired) electrons. The summed E-state index contributed by atoms with van der Waals surface area (Å²) in [4.78, 5) is 14.2. The van der Waals surface area contributed by atoms with Gasteiger partial charge in [-0.15, -0.1) is 0 Å². The van der Waals surface area contributed by atoms with Gasteiger partial charge >= 0.3 is 5.97 Å². The summed E-state index contributed by atoms with van der Waals surface area (Å²) in [6, 6.07) is 15.9. The summed E-state index contributed by atoms with van der Waals surface area (Å²) < 4.78 is 24.1. The van der Waals surface area contributed by atoms with Gasteiger partial charge < -0.3 is 14.4 Å². The molecule has 1 heterocycles. The molecule has 4 nitrogen and oxygen atoms in total. The van der Waals surface area contributed by atoms with Gasteiger partial charge in [0.2, 0.25) is 0 Å². The van der Waals surface area contributed by atoms with Crippen LogP contribution in [0.5, 0.6) is 5.75 Å². The van der Waals surface area contributed by atoms with E-state index in [4.69, 9.17) is 9.47 Å². The molecule has 0 aromatic heterocycles. The summed E-state index contributed by atoms with van der Waals surface area (Å²) in [5.41, 5.74) is 1.01. The average Bonchev–Trinajstić information content (AvgIpc) is 2.70. The van der Waals surface area contributed by atoms with Gasteiger partial charge in [-0.3, -0.25) is 4.79 Å². The van der Waals surface area contributed by atoms with Gasteiger partial charge in [0, 0.05) is 19.5 Å². The molecular formula is C22H26FNO3. The molecule has 0 amide bonds. The number of rotatable bonds is 8. The Morgan fingerprint density at radius 3 is 2.44 bits per heavy atom. The second-order valence-corrected chi connectivity index (χ2v) is 6.86. The van der Waals surface area contributed by atoms with Crippen LogP contribution in [0.3, 0.4) is 0 Å². The van der Waals surface area contributed by atoms with E-state index in [0.29, 0.717) is 13.0 Å². The molecule has 5 heteroatoms. The minimum Gasteiger partial charge on any atom is -0.490 e. The summed E-state index contributed by atoms with van der Waals surface area (Å²) in [6.07, 6.45) is 3.30. The van der Waals surface area contributed by atoms with Gasteiger partial charge in [0.25, 0.3) is 0 Å². The lowest BCUT2D eigenvalue weighted by Gasteiger charge is -2.32. The lowest BCUT2D eigenvalue weighted by molar-refractivity contribution is -0.145. The van der Waals surface area contributed by atoms with Crippen molar-refractivity contribution in [1.29, 1.82) is 0 Å². The van der Waals surface area contributed by atoms with Gasteiger partial charge in [-0.1, -0.05) is 30.3 Å². The molecule has 0 bridgehead atoms. The number of hydrogen-bond acceptors (Lipinski definition) is 4. The average molecular weight is 371 g/mol. The number of esters is 1. The number of ether oxygens (including phenoxy) is 2. The van der Waals surface area contributed by atoms with Crippen molar-refractivity contribution in [3.63, 3.8) is 0 Å². The number of likely N-dealkylation sites (tertiary alicyclic amines) is 1. The minimum atomic E-state index is -0.250. The monoisotopic (exact) mass is 371 g/mol. The number of piperidine rings is 1. The summed E-state index contributed by atoms with van der Waals surface area (Å²) in [7, 11) is 0. The van der Waals surface area contributed by atoms with E-state index in [2.05, 4.69) is 4.90 Å². The fourth-order valence-electron chi connectivity index (χ4n) is 3.21. The predicted octanol–water partition coefficient (Wildman–Crippen LogP) is 4.19. The smallest absolute Gasteiger partial charge is 0.306 e. The van der Waals surface area contributed by atoms with Crippen molar-refractivity contribution in [2.24, 2.45) is 0 Å². The molecule has 2 aromatic rings. The number of carbonyl (C=O) groups is 1. The molecule has 0 unspecified atom stereocenters. The van der Waals surface area contributed by atoms with E-state index in [1.165, 1.54) is 12.1 Å². The van der Waals surface area contributed by atoms with Crippen molar-refractivity contribution < 1.29 is 18.7 Å². The van der Waals surface area contributed by atoms with E-state index in [1.54, 1.807) is 12.1 Å². The highest BCUT2D eigenvalue weighted by Gasteiger charge is 2.20. The van der Waals surface area contributed by atoms with Crippen molar-refractivity contribution in [2.45, 2.75) is 38.4 Å². The fourth-order valence-corrected chi connectivity index (χ4v) is 3.21. The van der Waals surface area contributed by atoms with E-state index >= 15 is 0 Å². The van der Waals surface area contributed by atoms with Gasteiger partial charge in [0.05, 0.1) is 0 Å². The number of hydrogen-bond donors (Lipinski definition) is 0. The SMILES string of the molecule is O=C(CCCN1CCC(Oc2ccc(F)cc2)CC1)OCc1ccccc1. The van der Waals surface area contributed by atoms with Crippen LogP contribution in [-0.2, 0) is 16.1 Å². The molecular weight excluding hydrogens is 345 g/mol. The predicted molar refractivity (Wildman–Crippen MR) is 102 cm³/mol. The van der Waals surface area contributed by atoms with Crippen LogP contribution in [0.15, 0.2) is 54.6 Å². The molecule has 144 valence electrons. The highest BCUT2D eigenvalue weighted by molar-refractivity contribution is 5.69. The van der Waals surface area contributed by atoms with Gasteiger partial charge in [0.15, 0.2) is 0 Å². The number of carbonyl (C=O) groups excluding carboxylic acids is 1. The van der Waals surface area contributed by atoms with Crippen LogP contribution < -0.4 is 4.74 Å². The van der Waals surface area contributed by atoms with E-state index in [1.807, 2.05) is 30.3 Å². The zero-order valence-electron chi connectivity index (χ0n) is 15.5. The normalized spacial score (nSPS) is 15.4. The third-order valence-electron chi connectivity index (χ3n) is 4.75. The second kappa shape index (κ2) is 10.1. The number of benzene rings is 2. The minimum absolute atomic E-state index is 0.145. The van der Waals surface area contributed by atoms with Crippen molar-refractivity contribution in [3.8, 4) is 5.75 Å². The Hall–Kier alpha value is -2.40. The van der Waals surface area contributed by atoms with E-state index in [0.717, 1.165) is 50.2 Å².